The van der Waals surface area contributed by atoms with Gasteiger partial charge in [0.2, 0.25) is 0 Å². The van der Waals surface area contributed by atoms with E-state index in [1.807, 2.05) is 25.2 Å². The molecule has 390 valence electrons. The van der Waals surface area contributed by atoms with Crippen LogP contribution in [0.2, 0.25) is 0 Å². The Bertz CT molecular complexity index is 1600. The molecule has 0 radical (unpaired) electrons. The highest BCUT2D eigenvalue weighted by Crippen LogP contribution is 2.47. The maximum absolute atomic E-state index is 13.5. The SMILES string of the molecule is CCCCC/C=C\C/C=C\C/C=C\C/C=C\C/C=C\CCC(=O)OC[C@@H]1COP(=O)(O)O[C@H]2[C@H](O)[C@@H](O)[C@H](O)[C@@H](CCCCCCC(=O)O1)[C@@H](O)C[C@@H](O)[C@H](/C=C/[C@@H](O)CCCCC)[C@@H](O)[C@H]2O. The molecule has 0 aromatic rings. The number of cyclic esters (lactones) is 1. The minimum absolute atomic E-state index is 0.0111. The number of allylic oxidation sites excluding steroid dienone is 10. The van der Waals surface area contributed by atoms with Crippen molar-refractivity contribution in [2.24, 2.45) is 11.8 Å². The van der Waals surface area contributed by atoms with Crippen molar-refractivity contribution in [2.45, 2.75) is 210 Å². The van der Waals surface area contributed by atoms with E-state index in [-0.39, 0.29) is 19.3 Å². The van der Waals surface area contributed by atoms with Gasteiger partial charge in [0.1, 0.15) is 31.0 Å². The minimum Gasteiger partial charge on any atom is -0.462 e. The maximum Gasteiger partial charge on any atom is 0.472 e. The molecule has 1 aliphatic heterocycles. The fraction of sp³-hybridized carbons (Fsp3) is 0.725. The Labute approximate surface area is 404 Å². The van der Waals surface area contributed by atoms with Crippen LogP contribution in [-0.4, -0.2) is 132 Å². The zero-order valence-electron chi connectivity index (χ0n) is 40.4. The summed E-state index contributed by atoms with van der Waals surface area (Å²) in [6.07, 6.45) is 17.1. The number of aliphatic hydroxyl groups excluding tert-OH is 8. The number of fused-ring (bicyclic) bond motifs is 4. The van der Waals surface area contributed by atoms with E-state index in [1.54, 1.807) is 0 Å². The monoisotopic (exact) mass is 985 g/mol. The Morgan fingerprint density at radius 2 is 1.29 bits per heavy atom. The Balaban J connectivity index is 2.10. The first-order valence-corrected chi connectivity index (χ1v) is 26.5. The van der Waals surface area contributed by atoms with Crippen molar-refractivity contribution in [2.75, 3.05) is 13.2 Å². The van der Waals surface area contributed by atoms with E-state index < -0.39 is 112 Å². The van der Waals surface area contributed by atoms with Crippen molar-refractivity contribution in [3.8, 4) is 0 Å². The second-order valence-corrected chi connectivity index (χ2v) is 19.3. The zero-order valence-corrected chi connectivity index (χ0v) is 41.3. The minimum atomic E-state index is -5.45. The molecule has 1 heterocycles. The summed E-state index contributed by atoms with van der Waals surface area (Å²) in [6, 6.07) is 0. The highest BCUT2D eigenvalue weighted by molar-refractivity contribution is 7.47. The molecule has 2 aliphatic rings. The third-order valence-electron chi connectivity index (χ3n) is 12.1. The first-order valence-electron chi connectivity index (χ1n) is 25.0. The largest absolute Gasteiger partial charge is 0.472 e. The van der Waals surface area contributed by atoms with Crippen LogP contribution >= 0.6 is 7.82 Å². The Kier molecular flexibility index (Phi) is 32.6. The number of phosphoric ester groups is 1. The average Bonchev–Trinajstić information content (AvgIpc) is 3.31. The van der Waals surface area contributed by atoms with E-state index in [0.29, 0.717) is 51.4 Å². The number of esters is 2. The molecule has 13 atom stereocenters. The molecule has 0 amide bonds. The molecule has 0 aromatic carbocycles. The lowest BCUT2D eigenvalue weighted by Crippen LogP contribution is -2.55. The summed E-state index contributed by atoms with van der Waals surface area (Å²) in [4.78, 5) is 36.4. The van der Waals surface area contributed by atoms with Crippen LogP contribution in [0.5, 0.6) is 0 Å². The van der Waals surface area contributed by atoms with Crippen LogP contribution in [0.1, 0.15) is 149 Å². The predicted molar refractivity (Wildman–Crippen MR) is 260 cm³/mol. The number of rotatable bonds is 23. The molecule has 2 bridgehead atoms. The van der Waals surface area contributed by atoms with Gasteiger partial charge < -0.3 is 55.2 Å². The number of phosphoric acid groups is 1. The van der Waals surface area contributed by atoms with E-state index in [1.165, 1.54) is 31.4 Å². The van der Waals surface area contributed by atoms with Crippen LogP contribution in [0.25, 0.3) is 0 Å². The second-order valence-electron chi connectivity index (χ2n) is 17.9. The van der Waals surface area contributed by atoms with E-state index in [2.05, 4.69) is 49.5 Å². The van der Waals surface area contributed by atoms with Gasteiger partial charge in [0.05, 0.1) is 37.1 Å². The Morgan fingerprint density at radius 1 is 0.721 bits per heavy atom. The van der Waals surface area contributed by atoms with Crippen LogP contribution in [0, 0.1) is 11.8 Å². The molecule has 1 saturated heterocycles. The third kappa shape index (κ3) is 25.9. The zero-order chi connectivity index (χ0) is 50.2. The third-order valence-corrected chi connectivity index (χ3v) is 13.1. The normalized spacial score (nSPS) is 31.8. The number of unbranched alkanes of at least 4 members (excludes halogenated alkanes) is 5. The molecule has 17 heteroatoms. The number of carbonyl (C=O) groups excluding carboxylic acids is 2. The highest BCUT2D eigenvalue weighted by atomic mass is 31.2. The van der Waals surface area contributed by atoms with Crippen molar-refractivity contribution in [1.82, 2.24) is 0 Å². The lowest BCUT2D eigenvalue weighted by Gasteiger charge is -2.37. The topological polar surface area (TPSA) is 270 Å². The summed E-state index contributed by atoms with van der Waals surface area (Å²) >= 11 is 0. The molecule has 68 heavy (non-hydrogen) atoms. The number of hydrogen-bond donors (Lipinski definition) is 9. The van der Waals surface area contributed by atoms with Gasteiger partial charge in [0.25, 0.3) is 0 Å². The fourth-order valence-corrected chi connectivity index (χ4v) is 8.98. The van der Waals surface area contributed by atoms with Crippen molar-refractivity contribution in [3.05, 3.63) is 72.9 Å². The van der Waals surface area contributed by atoms with Gasteiger partial charge in [-0.3, -0.25) is 18.6 Å². The molecule has 0 spiro atoms. The van der Waals surface area contributed by atoms with Crippen LogP contribution < -0.4 is 0 Å². The van der Waals surface area contributed by atoms with Crippen molar-refractivity contribution in [1.29, 1.82) is 0 Å². The van der Waals surface area contributed by atoms with E-state index in [4.69, 9.17) is 18.5 Å². The second kappa shape index (κ2) is 36.1. The molecular formula is C51H85O16P. The molecule has 16 nitrogen and oxygen atoms in total. The molecule has 1 unspecified atom stereocenters. The van der Waals surface area contributed by atoms with Gasteiger partial charge in [-0.2, -0.15) is 0 Å². The summed E-state index contributed by atoms with van der Waals surface area (Å²) in [6.45, 7) is 2.76. The standard InChI is InChI=1S/C51H85O16P/c1-3-5-7-8-9-10-11-12-13-14-15-16-17-18-19-20-21-22-27-31-44(55)64-36-39-37-65-68(62,63)67-51-49(60)47(58)41(34-33-38(52)29-25-6-4-2)43(54)35-42(53)40(46(57)48(59)50(51)61)30-26-23-24-28-32-45(56)66-39/h9-10,12-13,15-16,18-19,21-22,33-34,38-43,46-54,57-61H,3-8,11,14,17,20,23-32,35-37H2,1-2H3,(H,62,63)/b10-9-,13-12-,16-15-,19-18-,22-21-,34-33+/t38-,39+,40-,41-,42-,43+,46+,47+,48-,49+,50+,51+/m0/s1. The fourth-order valence-electron chi connectivity index (χ4n) is 8.01. The molecule has 2 rings (SSSR count). The molecule has 1 saturated carbocycles. The molecule has 2 fully saturated rings. The van der Waals surface area contributed by atoms with Gasteiger partial charge in [-0.05, 0) is 64.2 Å². The van der Waals surface area contributed by atoms with Gasteiger partial charge in [-0.25, -0.2) is 4.57 Å². The van der Waals surface area contributed by atoms with Crippen LogP contribution in [0.4, 0.5) is 0 Å². The van der Waals surface area contributed by atoms with Crippen molar-refractivity contribution >= 4 is 19.8 Å². The van der Waals surface area contributed by atoms with Gasteiger partial charge in [0.15, 0.2) is 6.10 Å². The maximum atomic E-state index is 13.5. The molecular weight excluding hydrogens is 900 g/mol. The summed E-state index contributed by atoms with van der Waals surface area (Å²) in [5.74, 6) is -3.99. The average molecular weight is 985 g/mol. The van der Waals surface area contributed by atoms with Gasteiger partial charge >= 0.3 is 19.8 Å². The van der Waals surface area contributed by atoms with Crippen LogP contribution in [0.3, 0.4) is 0 Å². The highest BCUT2D eigenvalue weighted by Gasteiger charge is 2.49. The molecule has 1 aliphatic carbocycles. The first kappa shape index (κ1) is 61.3. The summed E-state index contributed by atoms with van der Waals surface area (Å²) in [7, 11) is -5.45. The lowest BCUT2D eigenvalue weighted by atomic mass is 9.82. The molecule has 0 aromatic heterocycles. The summed E-state index contributed by atoms with van der Waals surface area (Å²) in [5, 5.41) is 90.1. The smallest absolute Gasteiger partial charge is 0.462 e. The van der Waals surface area contributed by atoms with Crippen LogP contribution in [0.15, 0.2) is 72.9 Å². The van der Waals surface area contributed by atoms with Crippen LogP contribution in [-0.2, 0) is 32.7 Å². The quantitative estimate of drug-likeness (QED) is 0.0224. The van der Waals surface area contributed by atoms with E-state index in [0.717, 1.165) is 38.5 Å². The Morgan fingerprint density at radius 3 is 1.93 bits per heavy atom. The van der Waals surface area contributed by atoms with Crippen molar-refractivity contribution < 1.29 is 78.4 Å². The van der Waals surface area contributed by atoms with E-state index in [9.17, 15) is 59.9 Å². The predicted octanol–water partition coefficient (Wildman–Crippen LogP) is 6.66. The lowest BCUT2D eigenvalue weighted by molar-refractivity contribution is -0.167. The van der Waals surface area contributed by atoms with Gasteiger partial charge in [-0.15, -0.1) is 0 Å². The number of hydrogen-bond acceptors (Lipinski definition) is 15. The summed E-state index contributed by atoms with van der Waals surface area (Å²) < 4.78 is 34.7. The Hall–Kier alpha value is -2.83. The summed E-state index contributed by atoms with van der Waals surface area (Å²) in [5.41, 5.74) is 0. The van der Waals surface area contributed by atoms with E-state index >= 15 is 0 Å². The number of ether oxygens (including phenoxy) is 2. The first-order chi connectivity index (χ1) is 32.6. The van der Waals surface area contributed by atoms with Gasteiger partial charge in [0, 0.05) is 31.1 Å². The van der Waals surface area contributed by atoms with Crippen molar-refractivity contribution in [3.63, 3.8) is 0 Å². The molecule has 9 N–H and O–H groups in total. The van der Waals surface area contributed by atoms with Gasteiger partial charge in [-0.1, -0.05) is 138 Å². The number of aliphatic hydroxyl groups is 8. The number of carbonyl (C=O) groups is 2.